The number of hydrogen-bond acceptors (Lipinski definition) is 2. The fourth-order valence-corrected chi connectivity index (χ4v) is 2.17. The largest absolute Gasteiger partial charge is 0.357 e. The van der Waals surface area contributed by atoms with Gasteiger partial charge < -0.3 is 9.88 Å². The van der Waals surface area contributed by atoms with Crippen molar-refractivity contribution in [1.29, 1.82) is 0 Å². The van der Waals surface area contributed by atoms with Crippen LogP contribution in [-0.4, -0.2) is 16.3 Å². The normalized spacial score (nSPS) is 11.9. The molecule has 4 nitrogen and oxygen atoms in total. The van der Waals surface area contributed by atoms with E-state index in [1.807, 2.05) is 55.2 Å². The molecule has 0 aliphatic heterocycles. The highest BCUT2D eigenvalue weighted by Crippen LogP contribution is 2.12. The molecule has 0 saturated heterocycles. The number of carbonyl (C=O) groups excluding carboxylic acids is 2. The van der Waals surface area contributed by atoms with Crippen molar-refractivity contribution in [1.82, 2.24) is 9.88 Å². The van der Waals surface area contributed by atoms with E-state index in [9.17, 15) is 9.59 Å². The van der Waals surface area contributed by atoms with Crippen molar-refractivity contribution in [2.75, 3.05) is 0 Å². The van der Waals surface area contributed by atoms with Gasteiger partial charge in [-0.25, -0.2) is 0 Å². The summed E-state index contributed by atoms with van der Waals surface area (Å²) in [5.41, 5.74) is 1.71. The summed E-state index contributed by atoms with van der Waals surface area (Å²) in [7, 11) is 1.94. The molecule has 1 N–H and O–H groups in total. The van der Waals surface area contributed by atoms with Gasteiger partial charge in [-0.1, -0.05) is 30.3 Å². The molecular weight excluding hydrogens is 264 g/mol. The molecule has 1 atom stereocenters. The molecule has 4 heteroatoms. The number of nitrogens with zero attached hydrogens (tertiary/aromatic N) is 1. The van der Waals surface area contributed by atoms with Crippen molar-refractivity contribution in [3.8, 4) is 0 Å². The minimum Gasteiger partial charge on any atom is -0.357 e. The third kappa shape index (κ3) is 4.31. The van der Waals surface area contributed by atoms with Crippen molar-refractivity contribution in [2.24, 2.45) is 7.05 Å². The lowest BCUT2D eigenvalue weighted by atomic mass is 10.1. The van der Waals surface area contributed by atoms with E-state index in [2.05, 4.69) is 5.32 Å². The van der Waals surface area contributed by atoms with Gasteiger partial charge in [0.1, 0.15) is 0 Å². The van der Waals surface area contributed by atoms with Crippen LogP contribution in [0.5, 0.6) is 0 Å². The molecule has 1 aromatic heterocycles. The van der Waals surface area contributed by atoms with Crippen LogP contribution >= 0.6 is 0 Å². The number of nitrogens with one attached hydrogen (secondary N) is 1. The van der Waals surface area contributed by atoms with Gasteiger partial charge in [0.25, 0.3) is 0 Å². The van der Waals surface area contributed by atoms with Crippen LogP contribution in [0.2, 0.25) is 0 Å². The highest BCUT2D eigenvalue weighted by molar-refractivity contribution is 5.97. The fourth-order valence-electron chi connectivity index (χ4n) is 2.17. The lowest BCUT2D eigenvalue weighted by molar-refractivity contribution is -0.121. The second-order valence-corrected chi connectivity index (χ2v) is 5.19. The van der Waals surface area contributed by atoms with Gasteiger partial charge in [-0.3, -0.25) is 9.59 Å². The highest BCUT2D eigenvalue weighted by Gasteiger charge is 2.12. The molecule has 1 amide bonds. The lowest BCUT2D eigenvalue weighted by Crippen LogP contribution is -2.26. The summed E-state index contributed by atoms with van der Waals surface area (Å²) in [6.07, 6.45) is 4.36. The number of amides is 1. The van der Waals surface area contributed by atoms with Crippen LogP contribution in [0.15, 0.2) is 48.8 Å². The van der Waals surface area contributed by atoms with E-state index in [-0.39, 0.29) is 30.6 Å². The number of Topliss-reactive ketones (excluding diaryl/α,β-unsaturated/α-hetero) is 1. The van der Waals surface area contributed by atoms with Crippen LogP contribution in [-0.2, 0) is 11.8 Å². The monoisotopic (exact) mass is 284 g/mol. The topological polar surface area (TPSA) is 51.1 Å². The van der Waals surface area contributed by atoms with Crippen LogP contribution in [0.1, 0.15) is 41.7 Å². The van der Waals surface area contributed by atoms with Crippen molar-refractivity contribution in [3.63, 3.8) is 0 Å². The van der Waals surface area contributed by atoms with Crippen molar-refractivity contribution in [2.45, 2.75) is 25.8 Å². The summed E-state index contributed by atoms with van der Waals surface area (Å²) in [5, 5.41) is 2.91. The van der Waals surface area contributed by atoms with E-state index in [1.165, 1.54) is 0 Å². The number of carbonyl (C=O) groups is 2. The zero-order valence-corrected chi connectivity index (χ0v) is 12.4. The lowest BCUT2D eigenvalue weighted by Gasteiger charge is -2.12. The van der Waals surface area contributed by atoms with E-state index >= 15 is 0 Å². The van der Waals surface area contributed by atoms with Gasteiger partial charge in [0, 0.05) is 37.8 Å². The first-order valence-electron chi connectivity index (χ1n) is 7.06. The smallest absolute Gasteiger partial charge is 0.220 e. The number of rotatable bonds is 6. The Labute approximate surface area is 124 Å². The average Bonchev–Trinajstić information content (AvgIpc) is 2.92. The predicted octanol–water partition coefficient (Wildman–Crippen LogP) is 2.87. The van der Waals surface area contributed by atoms with Gasteiger partial charge in [0.05, 0.1) is 6.04 Å². The Balaban J connectivity index is 1.81. The molecule has 0 saturated carbocycles. The molecule has 0 unspecified atom stereocenters. The van der Waals surface area contributed by atoms with E-state index in [1.54, 1.807) is 12.1 Å². The molecule has 0 aliphatic carbocycles. The van der Waals surface area contributed by atoms with E-state index in [4.69, 9.17) is 0 Å². The summed E-state index contributed by atoms with van der Waals surface area (Å²) in [4.78, 5) is 23.8. The van der Waals surface area contributed by atoms with Crippen LogP contribution in [0, 0.1) is 0 Å². The summed E-state index contributed by atoms with van der Waals surface area (Å²) in [6, 6.07) is 11.0. The van der Waals surface area contributed by atoms with Gasteiger partial charge in [-0.15, -0.1) is 0 Å². The Bertz CT molecular complexity index is 617. The van der Waals surface area contributed by atoms with Crippen LogP contribution in [0.3, 0.4) is 0 Å². The molecule has 1 aromatic carbocycles. The molecule has 0 spiro atoms. The SMILES string of the molecule is C[C@H](NC(=O)CCC(=O)c1ccccc1)c1ccn(C)c1. The van der Waals surface area contributed by atoms with E-state index in [0.29, 0.717) is 5.56 Å². The number of aryl methyl sites for hydroxylation is 1. The molecule has 2 rings (SSSR count). The molecule has 0 aliphatic rings. The molecule has 1 heterocycles. The molecule has 0 radical (unpaired) electrons. The molecule has 2 aromatic rings. The number of benzene rings is 1. The first-order valence-corrected chi connectivity index (χ1v) is 7.06. The Morgan fingerprint density at radius 1 is 1.14 bits per heavy atom. The minimum absolute atomic E-state index is 0.00175. The molecular formula is C17H20N2O2. The molecule has 0 fully saturated rings. The van der Waals surface area contributed by atoms with E-state index < -0.39 is 0 Å². The minimum atomic E-state index is -0.101. The Morgan fingerprint density at radius 3 is 2.48 bits per heavy atom. The van der Waals surface area contributed by atoms with Gasteiger partial charge in [-0.05, 0) is 18.6 Å². The Morgan fingerprint density at radius 2 is 1.86 bits per heavy atom. The third-order valence-electron chi connectivity index (χ3n) is 3.41. The summed E-state index contributed by atoms with van der Waals surface area (Å²) < 4.78 is 1.94. The number of hydrogen-bond donors (Lipinski definition) is 1. The third-order valence-corrected chi connectivity index (χ3v) is 3.41. The summed E-state index contributed by atoms with van der Waals surface area (Å²) >= 11 is 0. The molecule has 0 bridgehead atoms. The molecule has 110 valence electrons. The molecule has 21 heavy (non-hydrogen) atoms. The Hall–Kier alpha value is -2.36. The van der Waals surface area contributed by atoms with E-state index in [0.717, 1.165) is 5.56 Å². The van der Waals surface area contributed by atoms with Crippen LogP contribution in [0.4, 0.5) is 0 Å². The van der Waals surface area contributed by atoms with Gasteiger partial charge in [0.15, 0.2) is 5.78 Å². The first-order chi connectivity index (χ1) is 10.1. The highest BCUT2D eigenvalue weighted by atomic mass is 16.2. The van der Waals surface area contributed by atoms with Crippen LogP contribution < -0.4 is 5.32 Å². The quantitative estimate of drug-likeness (QED) is 0.829. The van der Waals surface area contributed by atoms with Gasteiger partial charge in [0.2, 0.25) is 5.91 Å². The Kier molecular flexibility index (Phi) is 4.93. The standard InChI is InChI=1S/C17H20N2O2/c1-13(15-10-11-19(2)12-15)18-17(21)9-8-16(20)14-6-4-3-5-7-14/h3-7,10-13H,8-9H2,1-2H3,(H,18,21)/t13-/m0/s1. The second kappa shape index (κ2) is 6.88. The number of aromatic nitrogens is 1. The van der Waals surface area contributed by atoms with Crippen LogP contribution in [0.25, 0.3) is 0 Å². The predicted molar refractivity (Wildman–Crippen MR) is 82.0 cm³/mol. The maximum atomic E-state index is 11.9. The zero-order valence-electron chi connectivity index (χ0n) is 12.4. The second-order valence-electron chi connectivity index (χ2n) is 5.19. The summed E-state index contributed by atoms with van der Waals surface area (Å²) in [6.45, 7) is 1.94. The van der Waals surface area contributed by atoms with Gasteiger partial charge in [-0.2, -0.15) is 0 Å². The van der Waals surface area contributed by atoms with Crippen molar-refractivity contribution >= 4 is 11.7 Å². The zero-order chi connectivity index (χ0) is 15.2. The fraction of sp³-hybridized carbons (Fsp3) is 0.294. The van der Waals surface area contributed by atoms with Crippen molar-refractivity contribution in [3.05, 3.63) is 59.9 Å². The number of ketones is 1. The van der Waals surface area contributed by atoms with Crippen molar-refractivity contribution < 1.29 is 9.59 Å². The van der Waals surface area contributed by atoms with Gasteiger partial charge >= 0.3 is 0 Å². The first kappa shape index (κ1) is 15.0. The maximum absolute atomic E-state index is 11.9. The average molecular weight is 284 g/mol. The summed E-state index contributed by atoms with van der Waals surface area (Å²) in [5.74, 6) is -0.103. The maximum Gasteiger partial charge on any atom is 0.220 e.